The minimum atomic E-state index is -0.736. The molecule has 0 bridgehead atoms. The number of aliphatic hydroxyl groups excluding tert-OH is 1. The molecule has 1 atom stereocenters. The molecule has 0 aliphatic carbocycles. The van der Waals surface area contributed by atoms with Crippen molar-refractivity contribution in [1.82, 2.24) is 9.80 Å². The molecule has 1 unspecified atom stereocenters. The third kappa shape index (κ3) is 5.04. The van der Waals surface area contributed by atoms with Crippen LogP contribution in [0.4, 0.5) is 0 Å². The van der Waals surface area contributed by atoms with E-state index >= 15 is 0 Å². The van der Waals surface area contributed by atoms with Gasteiger partial charge in [0.05, 0.1) is 25.7 Å². The quantitative estimate of drug-likeness (QED) is 0.842. The number of methoxy groups -OCH3 is 1. The van der Waals surface area contributed by atoms with Crippen molar-refractivity contribution in [1.29, 1.82) is 0 Å². The van der Waals surface area contributed by atoms with E-state index in [9.17, 15) is 14.7 Å². The molecule has 2 amide bonds. The van der Waals surface area contributed by atoms with Gasteiger partial charge in [-0.3, -0.25) is 9.59 Å². The summed E-state index contributed by atoms with van der Waals surface area (Å²) in [6.07, 6.45) is -0.501. The van der Waals surface area contributed by atoms with Gasteiger partial charge in [0.2, 0.25) is 11.8 Å². The minimum absolute atomic E-state index is 0.00543. The molecule has 1 aliphatic heterocycles. The third-order valence-electron chi connectivity index (χ3n) is 3.94. The van der Waals surface area contributed by atoms with Gasteiger partial charge in [0.15, 0.2) is 0 Å². The fraction of sp³-hybridized carbons (Fsp3) is 0.529. The number of carbonyl (C=O) groups is 2. The second-order valence-electron chi connectivity index (χ2n) is 5.92. The van der Waals surface area contributed by atoms with E-state index in [1.165, 1.54) is 4.90 Å². The van der Waals surface area contributed by atoms with E-state index in [-0.39, 0.29) is 37.9 Å². The molecule has 6 nitrogen and oxygen atoms in total. The lowest BCUT2D eigenvalue weighted by atomic mass is 10.1. The maximum atomic E-state index is 12.4. The summed E-state index contributed by atoms with van der Waals surface area (Å²) < 4.78 is 4.98. The van der Waals surface area contributed by atoms with Gasteiger partial charge < -0.3 is 19.6 Å². The maximum absolute atomic E-state index is 12.4. The van der Waals surface area contributed by atoms with E-state index < -0.39 is 6.10 Å². The fourth-order valence-corrected chi connectivity index (χ4v) is 2.60. The van der Waals surface area contributed by atoms with E-state index in [1.807, 2.05) is 31.2 Å². The number of hydrogen-bond acceptors (Lipinski definition) is 4. The molecule has 1 aromatic rings. The van der Waals surface area contributed by atoms with Crippen LogP contribution >= 0.6 is 0 Å². The number of rotatable bonds is 5. The number of aryl methyl sites for hydroxylation is 1. The summed E-state index contributed by atoms with van der Waals surface area (Å²) in [5, 5.41) is 10.1. The topological polar surface area (TPSA) is 70.1 Å². The first-order valence-electron chi connectivity index (χ1n) is 7.77. The van der Waals surface area contributed by atoms with E-state index in [0.29, 0.717) is 13.2 Å². The van der Waals surface area contributed by atoms with Crippen LogP contribution in [-0.2, 0) is 20.7 Å². The van der Waals surface area contributed by atoms with Gasteiger partial charge in [0, 0.05) is 26.7 Å². The van der Waals surface area contributed by atoms with Crippen molar-refractivity contribution in [2.45, 2.75) is 19.4 Å². The Hall–Kier alpha value is -1.92. The zero-order valence-electron chi connectivity index (χ0n) is 13.7. The van der Waals surface area contributed by atoms with Crippen molar-refractivity contribution in [3.63, 3.8) is 0 Å². The Morgan fingerprint density at radius 3 is 2.65 bits per heavy atom. The first-order chi connectivity index (χ1) is 11.0. The van der Waals surface area contributed by atoms with Gasteiger partial charge in [0.1, 0.15) is 0 Å². The molecule has 126 valence electrons. The molecule has 6 heteroatoms. The Bertz CT molecular complexity index is 544. The zero-order chi connectivity index (χ0) is 16.8. The first kappa shape index (κ1) is 17.4. The number of nitrogens with zero attached hydrogens (tertiary/aromatic N) is 2. The number of benzene rings is 1. The summed E-state index contributed by atoms with van der Waals surface area (Å²) in [7, 11) is 1.57. The highest BCUT2D eigenvalue weighted by Crippen LogP contribution is 2.10. The Labute approximate surface area is 136 Å². The van der Waals surface area contributed by atoms with Gasteiger partial charge in [-0.25, -0.2) is 0 Å². The highest BCUT2D eigenvalue weighted by molar-refractivity contribution is 5.86. The largest absolute Gasteiger partial charge is 0.389 e. The summed E-state index contributed by atoms with van der Waals surface area (Å²) >= 11 is 0. The second-order valence-corrected chi connectivity index (χ2v) is 5.92. The fourth-order valence-electron chi connectivity index (χ4n) is 2.60. The Morgan fingerprint density at radius 2 is 2.00 bits per heavy atom. The monoisotopic (exact) mass is 320 g/mol. The lowest BCUT2D eigenvalue weighted by Gasteiger charge is -2.21. The Kier molecular flexibility index (Phi) is 6.12. The molecule has 0 saturated carbocycles. The van der Waals surface area contributed by atoms with Gasteiger partial charge >= 0.3 is 0 Å². The molecule has 1 saturated heterocycles. The molecule has 1 fully saturated rings. The smallest absolute Gasteiger partial charge is 0.242 e. The molecule has 0 radical (unpaired) electrons. The van der Waals surface area contributed by atoms with Crippen LogP contribution in [0.3, 0.4) is 0 Å². The van der Waals surface area contributed by atoms with Gasteiger partial charge in [-0.05, 0) is 12.5 Å². The van der Waals surface area contributed by atoms with Crippen LogP contribution in [0.2, 0.25) is 0 Å². The van der Waals surface area contributed by atoms with Crippen molar-refractivity contribution < 1.29 is 19.4 Å². The van der Waals surface area contributed by atoms with Crippen LogP contribution in [0.1, 0.15) is 11.1 Å². The molecule has 2 rings (SSSR count). The van der Waals surface area contributed by atoms with Crippen LogP contribution in [0.15, 0.2) is 24.3 Å². The summed E-state index contributed by atoms with van der Waals surface area (Å²) in [6, 6.07) is 7.73. The average Bonchev–Trinajstić information content (AvgIpc) is 2.66. The molecule has 0 aromatic heterocycles. The number of amides is 2. The summed E-state index contributed by atoms with van der Waals surface area (Å²) in [5.74, 6) is -0.300. The molecule has 1 heterocycles. The zero-order valence-corrected chi connectivity index (χ0v) is 13.7. The van der Waals surface area contributed by atoms with Crippen LogP contribution in [0.25, 0.3) is 0 Å². The van der Waals surface area contributed by atoms with Crippen LogP contribution in [0, 0.1) is 6.92 Å². The number of carbonyl (C=O) groups excluding carboxylic acids is 2. The van der Waals surface area contributed by atoms with E-state index in [0.717, 1.165) is 11.1 Å². The lowest BCUT2D eigenvalue weighted by molar-refractivity contribution is -0.138. The van der Waals surface area contributed by atoms with Gasteiger partial charge in [-0.2, -0.15) is 0 Å². The van der Waals surface area contributed by atoms with Gasteiger partial charge in [-0.15, -0.1) is 0 Å². The molecular formula is C17H24N2O4. The second kappa shape index (κ2) is 8.08. The highest BCUT2D eigenvalue weighted by Gasteiger charge is 2.29. The SMILES string of the molecule is COCCN1CC(O)CN(C(=O)Cc2ccc(C)cc2)CC1=O. The summed E-state index contributed by atoms with van der Waals surface area (Å²) in [6.45, 7) is 3.24. The Morgan fingerprint density at radius 1 is 1.30 bits per heavy atom. The molecule has 0 spiro atoms. The standard InChI is InChI=1S/C17H24N2O4/c1-13-3-5-14(6-4-13)9-16(21)19-11-15(20)10-18(7-8-23-2)17(22)12-19/h3-6,15,20H,7-12H2,1-2H3. The average molecular weight is 320 g/mol. The lowest BCUT2D eigenvalue weighted by Crippen LogP contribution is -2.41. The third-order valence-corrected chi connectivity index (χ3v) is 3.94. The number of aliphatic hydroxyl groups is 1. The van der Waals surface area contributed by atoms with Crippen molar-refractivity contribution in [3.05, 3.63) is 35.4 Å². The van der Waals surface area contributed by atoms with Gasteiger partial charge in [0.25, 0.3) is 0 Å². The van der Waals surface area contributed by atoms with E-state index in [1.54, 1.807) is 12.0 Å². The van der Waals surface area contributed by atoms with E-state index in [2.05, 4.69) is 0 Å². The van der Waals surface area contributed by atoms with Crippen LogP contribution < -0.4 is 0 Å². The molecule has 1 aliphatic rings. The highest BCUT2D eigenvalue weighted by atomic mass is 16.5. The van der Waals surface area contributed by atoms with Crippen molar-refractivity contribution in [2.24, 2.45) is 0 Å². The minimum Gasteiger partial charge on any atom is -0.389 e. The predicted molar refractivity (Wildman–Crippen MR) is 85.9 cm³/mol. The van der Waals surface area contributed by atoms with Crippen molar-refractivity contribution in [3.8, 4) is 0 Å². The normalized spacial score (nSPS) is 18.9. The summed E-state index contributed by atoms with van der Waals surface area (Å²) in [4.78, 5) is 27.7. The Balaban J connectivity index is 1.99. The van der Waals surface area contributed by atoms with Crippen molar-refractivity contribution >= 4 is 11.8 Å². The number of hydrogen-bond donors (Lipinski definition) is 1. The van der Waals surface area contributed by atoms with Gasteiger partial charge in [-0.1, -0.05) is 29.8 Å². The van der Waals surface area contributed by atoms with E-state index in [4.69, 9.17) is 4.74 Å². The number of β-amino-alcohol motifs (C(OH)–C–C–N with tert-alkyl or cyclic N) is 1. The molecule has 1 N–H and O–H groups in total. The first-order valence-corrected chi connectivity index (χ1v) is 7.77. The molecule has 1 aromatic carbocycles. The molecular weight excluding hydrogens is 296 g/mol. The van der Waals surface area contributed by atoms with Crippen LogP contribution in [0.5, 0.6) is 0 Å². The predicted octanol–water partition coefficient (Wildman–Crippen LogP) is 0.216. The molecule has 23 heavy (non-hydrogen) atoms. The summed E-state index contributed by atoms with van der Waals surface area (Å²) in [5.41, 5.74) is 2.04. The van der Waals surface area contributed by atoms with Crippen LogP contribution in [-0.4, -0.2) is 72.7 Å². The van der Waals surface area contributed by atoms with Crippen molar-refractivity contribution in [2.75, 3.05) is 39.9 Å². The number of ether oxygens (including phenoxy) is 1. The maximum Gasteiger partial charge on any atom is 0.242 e.